The molecule has 0 spiro atoms. The van der Waals surface area contributed by atoms with Gasteiger partial charge in [-0.2, -0.15) is 0 Å². The number of unbranched alkanes of at least 4 members (excludes halogenated alkanes) is 1. The van der Waals surface area contributed by atoms with Gasteiger partial charge in [0, 0.05) is 12.5 Å². The van der Waals surface area contributed by atoms with Crippen LogP contribution >= 0.6 is 0 Å². The third-order valence-electron chi connectivity index (χ3n) is 2.66. The summed E-state index contributed by atoms with van der Waals surface area (Å²) in [5, 5.41) is 0. The number of sulfone groups is 1. The highest BCUT2D eigenvalue weighted by Crippen LogP contribution is 2.16. The molecule has 1 unspecified atom stereocenters. The first kappa shape index (κ1) is 11.5. The second-order valence-electron chi connectivity index (χ2n) is 3.85. The first-order valence-corrected chi connectivity index (χ1v) is 6.71. The van der Waals surface area contributed by atoms with Gasteiger partial charge in [-0.3, -0.25) is 0 Å². The van der Waals surface area contributed by atoms with Crippen LogP contribution in [0.3, 0.4) is 0 Å². The molecular formula is C10H17NO2S. The molecule has 0 aliphatic carbocycles. The highest BCUT2D eigenvalue weighted by Gasteiger charge is 2.30. The van der Waals surface area contributed by atoms with E-state index in [9.17, 15) is 8.42 Å². The van der Waals surface area contributed by atoms with Gasteiger partial charge < -0.3 is 4.90 Å². The van der Waals surface area contributed by atoms with Crippen LogP contribution in [-0.4, -0.2) is 44.5 Å². The van der Waals surface area contributed by atoms with Gasteiger partial charge in [-0.15, -0.1) is 12.3 Å². The molecule has 4 heteroatoms. The summed E-state index contributed by atoms with van der Waals surface area (Å²) < 4.78 is 22.4. The van der Waals surface area contributed by atoms with Gasteiger partial charge in [0.1, 0.15) is 0 Å². The number of hydrogen-bond acceptors (Lipinski definition) is 3. The van der Waals surface area contributed by atoms with Crippen molar-refractivity contribution in [3.63, 3.8) is 0 Å². The molecule has 1 aliphatic heterocycles. The number of terminal acetylenes is 1. The van der Waals surface area contributed by atoms with E-state index in [0.717, 1.165) is 25.8 Å². The zero-order valence-electron chi connectivity index (χ0n) is 8.57. The molecule has 0 saturated carbocycles. The molecule has 0 radical (unpaired) electrons. The van der Waals surface area contributed by atoms with Crippen LogP contribution in [0.15, 0.2) is 0 Å². The van der Waals surface area contributed by atoms with Crippen molar-refractivity contribution >= 4 is 9.84 Å². The van der Waals surface area contributed by atoms with Crippen LogP contribution in [0.1, 0.15) is 19.3 Å². The van der Waals surface area contributed by atoms with Crippen LogP contribution in [-0.2, 0) is 9.84 Å². The molecule has 80 valence electrons. The highest BCUT2D eigenvalue weighted by atomic mass is 32.2. The Kier molecular flexibility index (Phi) is 3.97. The normalized spacial score (nSPS) is 25.1. The molecule has 0 aromatic heterocycles. The van der Waals surface area contributed by atoms with Gasteiger partial charge in [-0.1, -0.05) is 0 Å². The van der Waals surface area contributed by atoms with Crippen LogP contribution in [0.5, 0.6) is 0 Å². The fourth-order valence-electron chi connectivity index (χ4n) is 1.74. The third kappa shape index (κ3) is 3.32. The quantitative estimate of drug-likeness (QED) is 0.507. The largest absolute Gasteiger partial charge is 0.302 e. The van der Waals surface area contributed by atoms with E-state index in [1.807, 2.05) is 7.05 Å². The summed E-state index contributed by atoms with van der Waals surface area (Å²) in [6, 6.07) is 0.206. The van der Waals surface area contributed by atoms with E-state index in [2.05, 4.69) is 10.8 Å². The minimum atomic E-state index is -2.75. The predicted octanol–water partition coefficient (Wildman–Crippen LogP) is 0.519. The Balaban J connectivity index is 2.33. The Labute approximate surface area is 86.4 Å². The van der Waals surface area contributed by atoms with Gasteiger partial charge >= 0.3 is 0 Å². The molecule has 0 bridgehead atoms. The van der Waals surface area contributed by atoms with E-state index in [-0.39, 0.29) is 6.04 Å². The topological polar surface area (TPSA) is 37.4 Å². The average Bonchev–Trinajstić information content (AvgIpc) is 2.46. The van der Waals surface area contributed by atoms with Crippen LogP contribution in [0.2, 0.25) is 0 Å². The Morgan fingerprint density at radius 2 is 2.29 bits per heavy atom. The van der Waals surface area contributed by atoms with E-state index >= 15 is 0 Å². The molecule has 0 aromatic rings. The van der Waals surface area contributed by atoms with E-state index < -0.39 is 9.84 Å². The SMILES string of the molecule is C#CCCCN(C)C1CCS(=O)(=O)C1. The lowest BCUT2D eigenvalue weighted by Gasteiger charge is -2.22. The molecule has 14 heavy (non-hydrogen) atoms. The van der Waals surface area contributed by atoms with Crippen LogP contribution < -0.4 is 0 Å². The summed E-state index contributed by atoms with van der Waals surface area (Å²) in [5.41, 5.74) is 0. The maximum absolute atomic E-state index is 11.2. The van der Waals surface area contributed by atoms with Gasteiger partial charge in [0.2, 0.25) is 0 Å². The van der Waals surface area contributed by atoms with E-state index in [4.69, 9.17) is 6.42 Å². The van der Waals surface area contributed by atoms with Crippen molar-refractivity contribution in [2.24, 2.45) is 0 Å². The monoisotopic (exact) mass is 215 g/mol. The van der Waals surface area contributed by atoms with Gasteiger partial charge in [-0.05, 0) is 26.4 Å². The number of hydrogen-bond donors (Lipinski definition) is 0. The summed E-state index contributed by atoms with van der Waals surface area (Å²) in [4.78, 5) is 2.11. The Morgan fingerprint density at radius 3 is 2.79 bits per heavy atom. The average molecular weight is 215 g/mol. The van der Waals surface area contributed by atoms with E-state index in [1.165, 1.54) is 0 Å². The Hall–Kier alpha value is -0.530. The molecule has 0 amide bonds. The summed E-state index contributed by atoms with van der Waals surface area (Å²) in [6.07, 6.45) is 7.64. The van der Waals surface area contributed by atoms with Crippen molar-refractivity contribution in [2.45, 2.75) is 25.3 Å². The van der Waals surface area contributed by atoms with E-state index in [1.54, 1.807) is 0 Å². The standard InChI is InChI=1S/C10H17NO2S/c1-3-4-5-7-11(2)10-6-8-14(12,13)9-10/h1,10H,4-9H2,2H3. The lowest BCUT2D eigenvalue weighted by atomic mass is 10.2. The Bertz CT molecular complexity index is 316. The molecule has 1 heterocycles. The summed E-state index contributed by atoms with van der Waals surface area (Å²) >= 11 is 0. The summed E-state index contributed by atoms with van der Waals surface area (Å²) in [5.74, 6) is 3.25. The first-order chi connectivity index (χ1) is 6.55. The molecule has 0 aromatic carbocycles. The van der Waals surface area contributed by atoms with Crippen LogP contribution in [0, 0.1) is 12.3 Å². The molecule has 1 aliphatic rings. The fraction of sp³-hybridized carbons (Fsp3) is 0.800. The van der Waals surface area contributed by atoms with Gasteiger partial charge in [-0.25, -0.2) is 8.42 Å². The van der Waals surface area contributed by atoms with E-state index in [0.29, 0.717) is 11.5 Å². The van der Waals surface area contributed by atoms with Gasteiger partial charge in [0.05, 0.1) is 11.5 Å². The fourth-order valence-corrected chi connectivity index (χ4v) is 3.54. The summed E-state index contributed by atoms with van der Waals surface area (Å²) in [7, 11) is -0.779. The van der Waals surface area contributed by atoms with Crippen molar-refractivity contribution in [3.8, 4) is 12.3 Å². The molecule has 3 nitrogen and oxygen atoms in total. The Morgan fingerprint density at radius 1 is 1.57 bits per heavy atom. The molecule has 1 fully saturated rings. The van der Waals surface area contributed by atoms with Gasteiger partial charge in [0.15, 0.2) is 9.84 Å². The second-order valence-corrected chi connectivity index (χ2v) is 6.07. The minimum Gasteiger partial charge on any atom is -0.302 e. The van der Waals surface area contributed by atoms with Crippen molar-refractivity contribution in [2.75, 3.05) is 25.1 Å². The summed E-state index contributed by atoms with van der Waals surface area (Å²) in [6.45, 7) is 0.893. The van der Waals surface area contributed by atoms with Crippen LogP contribution in [0.4, 0.5) is 0 Å². The van der Waals surface area contributed by atoms with Crippen molar-refractivity contribution in [1.82, 2.24) is 4.90 Å². The molecule has 1 rings (SSSR count). The van der Waals surface area contributed by atoms with Crippen LogP contribution in [0.25, 0.3) is 0 Å². The number of rotatable bonds is 4. The van der Waals surface area contributed by atoms with Crippen molar-refractivity contribution < 1.29 is 8.42 Å². The lowest BCUT2D eigenvalue weighted by molar-refractivity contribution is 0.260. The van der Waals surface area contributed by atoms with Crippen molar-refractivity contribution in [1.29, 1.82) is 0 Å². The maximum atomic E-state index is 11.2. The predicted molar refractivity (Wildman–Crippen MR) is 57.8 cm³/mol. The third-order valence-corrected chi connectivity index (χ3v) is 4.41. The minimum absolute atomic E-state index is 0.206. The molecular weight excluding hydrogens is 198 g/mol. The zero-order chi connectivity index (χ0) is 10.6. The molecule has 1 saturated heterocycles. The number of nitrogens with zero attached hydrogens (tertiary/aromatic N) is 1. The smallest absolute Gasteiger partial charge is 0.151 e. The lowest BCUT2D eigenvalue weighted by Crippen LogP contribution is -2.33. The zero-order valence-corrected chi connectivity index (χ0v) is 9.39. The first-order valence-electron chi connectivity index (χ1n) is 4.89. The molecule has 1 atom stereocenters. The van der Waals surface area contributed by atoms with Crippen molar-refractivity contribution in [3.05, 3.63) is 0 Å². The second kappa shape index (κ2) is 4.81. The molecule has 0 N–H and O–H groups in total. The highest BCUT2D eigenvalue weighted by molar-refractivity contribution is 7.91. The van der Waals surface area contributed by atoms with Gasteiger partial charge in [0.25, 0.3) is 0 Å². The maximum Gasteiger partial charge on any atom is 0.151 e.